The molecule has 96 valence electrons. The van der Waals surface area contributed by atoms with Crippen LogP contribution in [-0.4, -0.2) is 9.55 Å². The SMILES string of the molecule is CCn1ccnc1COc1ccc(Br)cc1CN. The van der Waals surface area contributed by atoms with E-state index in [1.54, 1.807) is 6.20 Å². The minimum absolute atomic E-state index is 0.454. The molecular formula is C13H16BrN3O. The summed E-state index contributed by atoms with van der Waals surface area (Å²) in [6, 6.07) is 5.84. The van der Waals surface area contributed by atoms with Crippen molar-refractivity contribution in [2.24, 2.45) is 5.73 Å². The lowest BCUT2D eigenvalue weighted by Gasteiger charge is -2.11. The van der Waals surface area contributed by atoms with Crippen LogP contribution in [-0.2, 0) is 19.7 Å². The van der Waals surface area contributed by atoms with E-state index in [9.17, 15) is 0 Å². The average molecular weight is 310 g/mol. The number of ether oxygens (including phenoxy) is 1. The monoisotopic (exact) mass is 309 g/mol. The summed E-state index contributed by atoms with van der Waals surface area (Å²) in [6.07, 6.45) is 3.73. The number of hydrogen-bond acceptors (Lipinski definition) is 3. The molecule has 0 radical (unpaired) electrons. The molecule has 2 aromatic rings. The third-order valence-electron chi connectivity index (χ3n) is 2.74. The maximum Gasteiger partial charge on any atom is 0.146 e. The third kappa shape index (κ3) is 2.91. The molecule has 1 aromatic heterocycles. The van der Waals surface area contributed by atoms with Gasteiger partial charge in [-0.05, 0) is 25.1 Å². The highest BCUT2D eigenvalue weighted by Crippen LogP contribution is 2.23. The number of halogens is 1. The van der Waals surface area contributed by atoms with Crippen LogP contribution in [0.5, 0.6) is 5.75 Å². The molecule has 0 unspecified atom stereocenters. The van der Waals surface area contributed by atoms with Crippen molar-refractivity contribution in [1.82, 2.24) is 9.55 Å². The summed E-state index contributed by atoms with van der Waals surface area (Å²) in [4.78, 5) is 4.27. The Balaban J connectivity index is 2.10. The second kappa shape index (κ2) is 6.02. The van der Waals surface area contributed by atoms with E-state index < -0.39 is 0 Å². The lowest BCUT2D eigenvalue weighted by Crippen LogP contribution is -2.07. The molecule has 5 heteroatoms. The van der Waals surface area contributed by atoms with E-state index >= 15 is 0 Å². The Hall–Kier alpha value is -1.33. The predicted molar refractivity (Wildman–Crippen MR) is 74.3 cm³/mol. The Morgan fingerprint density at radius 2 is 2.28 bits per heavy atom. The van der Waals surface area contributed by atoms with E-state index in [1.807, 2.05) is 24.4 Å². The Morgan fingerprint density at radius 3 is 3.00 bits per heavy atom. The highest BCUT2D eigenvalue weighted by Gasteiger charge is 2.06. The van der Waals surface area contributed by atoms with Gasteiger partial charge in [0, 0.05) is 35.5 Å². The number of aryl methyl sites for hydroxylation is 1. The number of rotatable bonds is 5. The zero-order valence-corrected chi connectivity index (χ0v) is 11.9. The van der Waals surface area contributed by atoms with E-state index in [4.69, 9.17) is 10.5 Å². The molecule has 0 atom stereocenters. The van der Waals surface area contributed by atoms with Crippen LogP contribution in [0.2, 0.25) is 0 Å². The first kappa shape index (κ1) is 13.1. The molecule has 0 aliphatic heterocycles. The highest BCUT2D eigenvalue weighted by molar-refractivity contribution is 9.10. The molecule has 0 aliphatic rings. The van der Waals surface area contributed by atoms with Crippen molar-refractivity contribution in [1.29, 1.82) is 0 Å². The average Bonchev–Trinajstić information content (AvgIpc) is 2.84. The largest absolute Gasteiger partial charge is 0.485 e. The van der Waals surface area contributed by atoms with Crippen LogP contribution in [0.3, 0.4) is 0 Å². The van der Waals surface area contributed by atoms with Gasteiger partial charge in [0.2, 0.25) is 0 Å². The number of aromatic nitrogens is 2. The Labute approximate surface area is 115 Å². The molecule has 0 spiro atoms. The molecule has 0 amide bonds. The van der Waals surface area contributed by atoms with Crippen molar-refractivity contribution in [3.63, 3.8) is 0 Å². The van der Waals surface area contributed by atoms with Crippen LogP contribution in [0.15, 0.2) is 35.1 Å². The number of nitrogens with zero attached hydrogens (tertiary/aromatic N) is 2. The van der Waals surface area contributed by atoms with Gasteiger partial charge in [-0.25, -0.2) is 4.98 Å². The van der Waals surface area contributed by atoms with E-state index in [1.165, 1.54) is 0 Å². The molecule has 1 aromatic carbocycles. The van der Waals surface area contributed by atoms with Crippen molar-refractivity contribution >= 4 is 15.9 Å². The summed E-state index contributed by atoms with van der Waals surface area (Å²) in [5.41, 5.74) is 6.69. The molecule has 2 rings (SSSR count). The van der Waals surface area contributed by atoms with Gasteiger partial charge in [0.05, 0.1) is 0 Å². The maximum absolute atomic E-state index is 5.79. The Kier molecular flexibility index (Phi) is 4.38. The standard InChI is InChI=1S/C13H16BrN3O/c1-2-17-6-5-16-13(17)9-18-12-4-3-11(14)7-10(12)8-15/h3-7H,2,8-9,15H2,1H3. The summed E-state index contributed by atoms with van der Waals surface area (Å²) >= 11 is 3.42. The molecule has 1 heterocycles. The lowest BCUT2D eigenvalue weighted by molar-refractivity contribution is 0.287. The van der Waals surface area contributed by atoms with Crippen molar-refractivity contribution in [2.75, 3.05) is 0 Å². The lowest BCUT2D eigenvalue weighted by atomic mass is 10.2. The molecule has 0 fully saturated rings. The summed E-state index contributed by atoms with van der Waals surface area (Å²) in [6.45, 7) is 3.88. The molecule has 0 bridgehead atoms. The molecule has 4 nitrogen and oxygen atoms in total. The zero-order chi connectivity index (χ0) is 13.0. The topological polar surface area (TPSA) is 53.1 Å². The predicted octanol–water partition coefficient (Wildman–Crippen LogP) is 2.70. The van der Waals surface area contributed by atoms with Gasteiger partial charge < -0.3 is 15.0 Å². The number of nitrogens with two attached hydrogens (primary N) is 1. The minimum Gasteiger partial charge on any atom is -0.485 e. The highest BCUT2D eigenvalue weighted by atomic mass is 79.9. The normalized spacial score (nSPS) is 10.6. The van der Waals surface area contributed by atoms with Gasteiger partial charge in [0.25, 0.3) is 0 Å². The summed E-state index contributed by atoms with van der Waals surface area (Å²) in [5, 5.41) is 0. The van der Waals surface area contributed by atoms with Crippen LogP contribution in [0.25, 0.3) is 0 Å². The van der Waals surface area contributed by atoms with Gasteiger partial charge >= 0.3 is 0 Å². The molecule has 0 saturated heterocycles. The molecule has 18 heavy (non-hydrogen) atoms. The van der Waals surface area contributed by atoms with Crippen LogP contribution >= 0.6 is 15.9 Å². The Bertz CT molecular complexity index is 525. The smallest absolute Gasteiger partial charge is 0.146 e. The van der Waals surface area contributed by atoms with Crippen molar-refractivity contribution in [2.45, 2.75) is 26.6 Å². The summed E-state index contributed by atoms with van der Waals surface area (Å²) in [5.74, 6) is 1.73. The zero-order valence-electron chi connectivity index (χ0n) is 10.3. The van der Waals surface area contributed by atoms with Crippen LogP contribution < -0.4 is 10.5 Å². The maximum atomic E-state index is 5.79. The van der Waals surface area contributed by atoms with Crippen LogP contribution in [0.4, 0.5) is 0 Å². The Morgan fingerprint density at radius 1 is 1.44 bits per heavy atom. The fourth-order valence-corrected chi connectivity index (χ4v) is 2.17. The molecule has 0 saturated carbocycles. The van der Waals surface area contributed by atoms with Gasteiger partial charge in [0.15, 0.2) is 0 Å². The molecular weight excluding hydrogens is 294 g/mol. The first-order valence-corrected chi connectivity index (χ1v) is 6.65. The van der Waals surface area contributed by atoms with Crippen molar-refractivity contribution < 1.29 is 4.74 Å². The first-order valence-electron chi connectivity index (χ1n) is 5.86. The minimum atomic E-state index is 0.454. The van der Waals surface area contributed by atoms with Gasteiger partial charge in [0.1, 0.15) is 18.2 Å². The first-order chi connectivity index (χ1) is 8.74. The summed E-state index contributed by atoms with van der Waals surface area (Å²) in [7, 11) is 0. The number of hydrogen-bond donors (Lipinski definition) is 1. The fourth-order valence-electron chi connectivity index (χ4n) is 1.76. The van der Waals surface area contributed by atoms with E-state index in [0.717, 1.165) is 28.2 Å². The second-order valence-electron chi connectivity index (χ2n) is 3.87. The van der Waals surface area contributed by atoms with Crippen molar-refractivity contribution in [3.8, 4) is 5.75 Å². The van der Waals surface area contributed by atoms with Gasteiger partial charge in [-0.3, -0.25) is 0 Å². The fraction of sp³-hybridized carbons (Fsp3) is 0.308. The molecule has 2 N–H and O–H groups in total. The van der Waals surface area contributed by atoms with Gasteiger partial charge in [-0.1, -0.05) is 15.9 Å². The second-order valence-corrected chi connectivity index (χ2v) is 4.79. The van der Waals surface area contributed by atoms with Crippen LogP contribution in [0, 0.1) is 0 Å². The van der Waals surface area contributed by atoms with E-state index in [2.05, 4.69) is 32.4 Å². The van der Waals surface area contributed by atoms with Gasteiger partial charge in [-0.2, -0.15) is 0 Å². The third-order valence-corrected chi connectivity index (χ3v) is 3.23. The van der Waals surface area contributed by atoms with Crippen molar-refractivity contribution in [3.05, 3.63) is 46.5 Å². The molecule has 0 aliphatic carbocycles. The quantitative estimate of drug-likeness (QED) is 0.924. The summed E-state index contributed by atoms with van der Waals surface area (Å²) < 4.78 is 8.85. The number of benzene rings is 1. The van der Waals surface area contributed by atoms with E-state index in [0.29, 0.717) is 13.2 Å². The van der Waals surface area contributed by atoms with Crippen LogP contribution in [0.1, 0.15) is 18.3 Å². The van der Waals surface area contributed by atoms with E-state index in [-0.39, 0.29) is 0 Å². The van der Waals surface area contributed by atoms with Gasteiger partial charge in [-0.15, -0.1) is 0 Å². The number of imidazole rings is 1.